The van der Waals surface area contributed by atoms with E-state index in [1.807, 2.05) is 19.1 Å². The highest BCUT2D eigenvalue weighted by molar-refractivity contribution is 5.70. The summed E-state index contributed by atoms with van der Waals surface area (Å²) >= 11 is 0. The molecule has 1 unspecified atom stereocenters. The summed E-state index contributed by atoms with van der Waals surface area (Å²) < 4.78 is 0. The molecule has 2 rings (SSSR count). The molecular weight excluding hydrogens is 230 g/mol. The van der Waals surface area contributed by atoms with Gasteiger partial charge in [-0.25, -0.2) is 0 Å². The smallest absolute Gasteiger partial charge is 0.262 e. The van der Waals surface area contributed by atoms with Crippen LogP contribution >= 0.6 is 0 Å². The maximum atomic E-state index is 12.0. The summed E-state index contributed by atoms with van der Waals surface area (Å²) in [6.07, 6.45) is 0. The summed E-state index contributed by atoms with van der Waals surface area (Å²) in [5.74, 6) is -0.0183. The lowest BCUT2D eigenvalue weighted by molar-refractivity contribution is 0.447. The molecule has 5 nitrogen and oxygen atoms in total. The third-order valence-corrected chi connectivity index (χ3v) is 2.76. The van der Waals surface area contributed by atoms with E-state index >= 15 is 0 Å². The lowest BCUT2D eigenvalue weighted by atomic mass is 10.0. The van der Waals surface area contributed by atoms with E-state index in [0.717, 1.165) is 5.56 Å². The van der Waals surface area contributed by atoms with E-state index in [2.05, 4.69) is 9.97 Å². The van der Waals surface area contributed by atoms with Crippen LogP contribution in [0.5, 0.6) is 5.88 Å². The standard InChI is InChI=1S/C13H15N3O2/c1-7-5-3-4-6-9(7)10-12(17)15-11(8(2)14)16-13(10)18/h3-6,8H,14H2,1-2H3,(H2,15,16,17,18). The number of aryl methyl sites for hydroxylation is 1. The van der Waals surface area contributed by atoms with Crippen molar-refractivity contribution in [2.45, 2.75) is 19.9 Å². The third-order valence-electron chi connectivity index (χ3n) is 2.76. The Bertz CT molecular complexity index is 632. The van der Waals surface area contributed by atoms with Gasteiger partial charge >= 0.3 is 0 Å². The molecule has 0 saturated carbocycles. The number of aromatic nitrogens is 2. The Labute approximate surface area is 104 Å². The first kappa shape index (κ1) is 12.3. The fraction of sp³-hybridized carbons (Fsp3) is 0.231. The molecule has 1 heterocycles. The van der Waals surface area contributed by atoms with E-state index in [0.29, 0.717) is 5.56 Å². The number of nitrogens with two attached hydrogens (primary N) is 1. The van der Waals surface area contributed by atoms with Gasteiger partial charge in [-0.2, -0.15) is 4.98 Å². The first-order chi connectivity index (χ1) is 8.50. The maximum Gasteiger partial charge on any atom is 0.262 e. The van der Waals surface area contributed by atoms with Crippen molar-refractivity contribution in [2.24, 2.45) is 5.73 Å². The summed E-state index contributed by atoms with van der Waals surface area (Å²) in [7, 11) is 0. The van der Waals surface area contributed by atoms with Crippen LogP contribution in [0.2, 0.25) is 0 Å². The molecule has 0 aliphatic rings. The Hall–Kier alpha value is -2.14. The monoisotopic (exact) mass is 245 g/mol. The number of aromatic hydroxyl groups is 1. The first-order valence-electron chi connectivity index (χ1n) is 5.65. The molecule has 18 heavy (non-hydrogen) atoms. The Morgan fingerprint density at radius 2 is 2.06 bits per heavy atom. The number of hydrogen-bond donors (Lipinski definition) is 3. The van der Waals surface area contributed by atoms with Gasteiger partial charge in [0.15, 0.2) is 0 Å². The molecule has 2 aromatic rings. The predicted molar refractivity (Wildman–Crippen MR) is 69.3 cm³/mol. The van der Waals surface area contributed by atoms with Crippen molar-refractivity contribution in [1.82, 2.24) is 9.97 Å². The normalized spacial score (nSPS) is 12.4. The molecule has 0 saturated heterocycles. The molecular formula is C13H15N3O2. The SMILES string of the molecule is Cc1ccccc1-c1c(O)nc(C(C)N)[nH]c1=O. The largest absolute Gasteiger partial charge is 0.493 e. The molecule has 0 bridgehead atoms. The lowest BCUT2D eigenvalue weighted by Crippen LogP contribution is -2.19. The van der Waals surface area contributed by atoms with Crippen LogP contribution < -0.4 is 11.3 Å². The molecule has 0 amide bonds. The topological polar surface area (TPSA) is 92.0 Å². The van der Waals surface area contributed by atoms with Gasteiger partial charge in [0.05, 0.1) is 6.04 Å². The van der Waals surface area contributed by atoms with Crippen LogP contribution in [-0.2, 0) is 0 Å². The summed E-state index contributed by atoms with van der Waals surface area (Å²) in [6.45, 7) is 3.55. The minimum absolute atomic E-state index is 0.178. The Kier molecular flexibility index (Phi) is 3.16. The van der Waals surface area contributed by atoms with Crippen molar-refractivity contribution in [1.29, 1.82) is 0 Å². The van der Waals surface area contributed by atoms with Crippen molar-refractivity contribution in [2.75, 3.05) is 0 Å². The average Bonchev–Trinajstić information content (AvgIpc) is 2.30. The first-order valence-corrected chi connectivity index (χ1v) is 5.65. The van der Waals surface area contributed by atoms with E-state index in [-0.39, 0.29) is 22.8 Å². The highest BCUT2D eigenvalue weighted by Crippen LogP contribution is 2.26. The number of nitrogens with zero attached hydrogens (tertiary/aromatic N) is 1. The quantitative estimate of drug-likeness (QED) is 0.747. The highest BCUT2D eigenvalue weighted by Gasteiger charge is 2.15. The van der Waals surface area contributed by atoms with Crippen LogP contribution in [0.4, 0.5) is 0 Å². The third kappa shape index (κ3) is 2.12. The van der Waals surface area contributed by atoms with Gasteiger partial charge in [-0.15, -0.1) is 0 Å². The Morgan fingerprint density at radius 3 is 2.61 bits per heavy atom. The lowest BCUT2D eigenvalue weighted by Gasteiger charge is -2.09. The molecule has 1 aromatic heterocycles. The van der Waals surface area contributed by atoms with Crippen LogP contribution in [0, 0.1) is 6.92 Å². The fourth-order valence-electron chi connectivity index (χ4n) is 1.79. The number of nitrogens with one attached hydrogen (secondary N) is 1. The molecule has 0 aliphatic heterocycles. The Morgan fingerprint density at radius 1 is 1.39 bits per heavy atom. The highest BCUT2D eigenvalue weighted by atomic mass is 16.3. The predicted octanol–water partition coefficient (Wildman–Crippen LogP) is 1.47. The van der Waals surface area contributed by atoms with Gasteiger partial charge in [-0.1, -0.05) is 24.3 Å². The van der Waals surface area contributed by atoms with Crippen molar-refractivity contribution in [3.63, 3.8) is 0 Å². The molecule has 1 aromatic carbocycles. The van der Waals surface area contributed by atoms with Gasteiger partial charge in [-0.3, -0.25) is 4.79 Å². The summed E-state index contributed by atoms with van der Waals surface area (Å²) in [6, 6.07) is 6.88. The molecule has 94 valence electrons. The zero-order chi connectivity index (χ0) is 13.3. The van der Waals surface area contributed by atoms with E-state index in [4.69, 9.17) is 5.73 Å². The van der Waals surface area contributed by atoms with Crippen LogP contribution in [0.25, 0.3) is 11.1 Å². The summed E-state index contributed by atoms with van der Waals surface area (Å²) in [4.78, 5) is 18.5. The van der Waals surface area contributed by atoms with E-state index in [9.17, 15) is 9.90 Å². The van der Waals surface area contributed by atoms with Crippen molar-refractivity contribution < 1.29 is 5.11 Å². The second-order valence-electron chi connectivity index (χ2n) is 4.25. The van der Waals surface area contributed by atoms with Gasteiger partial charge < -0.3 is 15.8 Å². The average molecular weight is 245 g/mol. The maximum absolute atomic E-state index is 12.0. The van der Waals surface area contributed by atoms with Crippen LogP contribution in [0.3, 0.4) is 0 Å². The second-order valence-corrected chi connectivity index (χ2v) is 4.25. The van der Waals surface area contributed by atoms with Gasteiger partial charge in [-0.05, 0) is 25.0 Å². The molecule has 0 fully saturated rings. The Balaban J connectivity index is 2.67. The van der Waals surface area contributed by atoms with E-state index < -0.39 is 6.04 Å². The van der Waals surface area contributed by atoms with Gasteiger partial charge in [0, 0.05) is 0 Å². The van der Waals surface area contributed by atoms with Crippen molar-refractivity contribution >= 4 is 0 Å². The van der Waals surface area contributed by atoms with Gasteiger partial charge in [0.25, 0.3) is 5.56 Å². The minimum atomic E-state index is -0.436. The van der Waals surface area contributed by atoms with Crippen LogP contribution in [0.15, 0.2) is 29.1 Å². The van der Waals surface area contributed by atoms with Crippen molar-refractivity contribution in [3.8, 4) is 17.0 Å². The number of aromatic amines is 1. The second kappa shape index (κ2) is 4.62. The summed E-state index contributed by atoms with van der Waals surface area (Å²) in [5, 5.41) is 9.91. The van der Waals surface area contributed by atoms with Crippen LogP contribution in [-0.4, -0.2) is 15.1 Å². The molecule has 0 aliphatic carbocycles. The van der Waals surface area contributed by atoms with Crippen LogP contribution in [0.1, 0.15) is 24.4 Å². The van der Waals surface area contributed by atoms with E-state index in [1.165, 1.54) is 0 Å². The molecule has 4 N–H and O–H groups in total. The summed E-state index contributed by atoms with van der Waals surface area (Å²) in [5.41, 5.74) is 6.98. The van der Waals surface area contributed by atoms with Crippen molar-refractivity contribution in [3.05, 3.63) is 46.0 Å². The molecule has 5 heteroatoms. The number of hydrogen-bond acceptors (Lipinski definition) is 4. The zero-order valence-corrected chi connectivity index (χ0v) is 10.3. The number of H-pyrrole nitrogens is 1. The molecule has 0 spiro atoms. The zero-order valence-electron chi connectivity index (χ0n) is 10.3. The molecule has 0 radical (unpaired) electrons. The number of rotatable bonds is 2. The molecule has 1 atom stereocenters. The van der Waals surface area contributed by atoms with Gasteiger partial charge in [0.1, 0.15) is 11.4 Å². The van der Waals surface area contributed by atoms with E-state index in [1.54, 1.807) is 19.1 Å². The fourth-order valence-corrected chi connectivity index (χ4v) is 1.79. The van der Waals surface area contributed by atoms with Gasteiger partial charge in [0.2, 0.25) is 5.88 Å². The number of benzene rings is 1. The minimum Gasteiger partial charge on any atom is -0.493 e.